The van der Waals surface area contributed by atoms with Gasteiger partial charge < -0.3 is 19.5 Å². The first-order valence-electron chi connectivity index (χ1n) is 9.31. The van der Waals surface area contributed by atoms with Crippen LogP contribution in [0.4, 0.5) is 8.78 Å². The minimum Gasteiger partial charge on any atom is -0.481 e. The number of carbonyl (C=O) groups excluding carboxylic acids is 1. The number of piperidine rings is 1. The molecule has 1 aromatic rings. The van der Waals surface area contributed by atoms with Gasteiger partial charge in [0.2, 0.25) is 0 Å². The second-order valence-electron chi connectivity index (χ2n) is 7.23. The van der Waals surface area contributed by atoms with Crippen molar-refractivity contribution in [2.45, 2.75) is 6.42 Å². The van der Waals surface area contributed by atoms with Gasteiger partial charge in [0.1, 0.15) is 5.82 Å². The summed E-state index contributed by atoms with van der Waals surface area (Å²) in [5, 5.41) is 9.60. The number of nitrogens with zero attached hydrogens (tertiary/aromatic N) is 2. The average Bonchev–Trinajstić information content (AvgIpc) is 2.67. The van der Waals surface area contributed by atoms with Gasteiger partial charge in [-0.3, -0.25) is 9.69 Å². The van der Waals surface area contributed by atoms with Crippen molar-refractivity contribution in [3.63, 3.8) is 0 Å². The zero-order chi connectivity index (χ0) is 19.2. The van der Waals surface area contributed by atoms with E-state index in [9.17, 15) is 18.7 Å². The maximum Gasteiger partial charge on any atom is 0.260 e. The number of hydrogen-bond acceptors (Lipinski definition) is 5. The van der Waals surface area contributed by atoms with E-state index in [2.05, 4.69) is 4.90 Å². The highest BCUT2D eigenvalue weighted by Gasteiger charge is 2.31. The number of halogens is 2. The summed E-state index contributed by atoms with van der Waals surface area (Å²) in [4.78, 5) is 16.5. The Bertz CT molecular complexity index is 640. The van der Waals surface area contributed by atoms with Crippen molar-refractivity contribution in [2.75, 3.05) is 59.2 Å². The van der Waals surface area contributed by atoms with Gasteiger partial charge in [0, 0.05) is 45.4 Å². The zero-order valence-electron chi connectivity index (χ0n) is 15.3. The molecule has 2 fully saturated rings. The quantitative estimate of drug-likeness (QED) is 0.797. The summed E-state index contributed by atoms with van der Waals surface area (Å²) in [5.41, 5.74) is 0. The molecule has 2 saturated heterocycles. The molecule has 0 spiro atoms. The van der Waals surface area contributed by atoms with E-state index in [1.54, 1.807) is 4.90 Å². The summed E-state index contributed by atoms with van der Waals surface area (Å²) >= 11 is 0. The summed E-state index contributed by atoms with van der Waals surface area (Å²) in [6.45, 7) is 4.80. The number of carbonyl (C=O) groups is 1. The first kappa shape index (κ1) is 20.0. The smallest absolute Gasteiger partial charge is 0.260 e. The fourth-order valence-corrected chi connectivity index (χ4v) is 3.76. The molecule has 0 aromatic heterocycles. The Labute approximate surface area is 157 Å². The van der Waals surface area contributed by atoms with E-state index < -0.39 is 11.6 Å². The van der Waals surface area contributed by atoms with Crippen LogP contribution in [0.15, 0.2) is 18.2 Å². The Morgan fingerprint density at radius 2 is 1.96 bits per heavy atom. The van der Waals surface area contributed by atoms with Gasteiger partial charge in [-0.05, 0) is 30.4 Å². The van der Waals surface area contributed by atoms with Crippen LogP contribution in [0.1, 0.15) is 6.42 Å². The van der Waals surface area contributed by atoms with Crippen molar-refractivity contribution >= 4 is 5.91 Å². The summed E-state index contributed by atoms with van der Waals surface area (Å²) < 4.78 is 37.2. The fourth-order valence-electron chi connectivity index (χ4n) is 3.76. The Hall–Kier alpha value is -1.77. The fraction of sp³-hybridized carbons (Fsp3) is 0.632. The Balaban J connectivity index is 1.55. The number of ether oxygens (including phenoxy) is 2. The van der Waals surface area contributed by atoms with Gasteiger partial charge in [-0.25, -0.2) is 8.78 Å². The molecule has 2 atom stereocenters. The highest BCUT2D eigenvalue weighted by Crippen LogP contribution is 2.24. The van der Waals surface area contributed by atoms with E-state index in [0.29, 0.717) is 13.1 Å². The molecule has 2 aliphatic heterocycles. The van der Waals surface area contributed by atoms with Crippen LogP contribution in [0.2, 0.25) is 0 Å². The summed E-state index contributed by atoms with van der Waals surface area (Å²) in [6, 6.07) is 2.98. The summed E-state index contributed by atoms with van der Waals surface area (Å²) in [7, 11) is 0. The first-order valence-corrected chi connectivity index (χ1v) is 9.31. The minimum absolute atomic E-state index is 0.0243. The third-order valence-electron chi connectivity index (χ3n) is 5.10. The lowest BCUT2D eigenvalue weighted by molar-refractivity contribution is -0.137. The molecular formula is C19H26F2N2O4. The second-order valence-corrected chi connectivity index (χ2v) is 7.23. The number of amides is 1. The van der Waals surface area contributed by atoms with Crippen molar-refractivity contribution < 1.29 is 28.2 Å². The molecule has 2 heterocycles. The lowest BCUT2D eigenvalue weighted by Gasteiger charge is -2.40. The van der Waals surface area contributed by atoms with Crippen molar-refractivity contribution in [3.05, 3.63) is 29.8 Å². The van der Waals surface area contributed by atoms with Gasteiger partial charge in [0.25, 0.3) is 5.91 Å². The van der Waals surface area contributed by atoms with Gasteiger partial charge in [-0.2, -0.15) is 0 Å². The highest BCUT2D eigenvalue weighted by molar-refractivity contribution is 5.78. The van der Waals surface area contributed by atoms with E-state index in [0.717, 1.165) is 51.4 Å². The number of aliphatic hydroxyl groups is 1. The molecule has 0 saturated carbocycles. The van der Waals surface area contributed by atoms with E-state index in [1.165, 1.54) is 6.07 Å². The molecule has 0 bridgehead atoms. The van der Waals surface area contributed by atoms with Crippen molar-refractivity contribution in [1.29, 1.82) is 0 Å². The lowest BCUT2D eigenvalue weighted by Crippen LogP contribution is -2.50. The molecule has 150 valence electrons. The molecule has 0 aliphatic carbocycles. The summed E-state index contributed by atoms with van der Waals surface area (Å²) in [5.74, 6) is -1.65. The molecule has 6 nitrogen and oxygen atoms in total. The normalized spacial score (nSPS) is 24.0. The molecule has 2 unspecified atom stereocenters. The second kappa shape index (κ2) is 9.43. The third kappa shape index (κ3) is 5.60. The number of morpholine rings is 1. The Morgan fingerprint density at radius 1 is 1.22 bits per heavy atom. The van der Waals surface area contributed by atoms with Crippen LogP contribution in [0, 0.1) is 23.5 Å². The highest BCUT2D eigenvalue weighted by atomic mass is 19.1. The van der Waals surface area contributed by atoms with Gasteiger partial charge in [-0.15, -0.1) is 0 Å². The molecule has 8 heteroatoms. The zero-order valence-corrected chi connectivity index (χ0v) is 15.3. The largest absolute Gasteiger partial charge is 0.481 e. The van der Waals surface area contributed by atoms with Crippen LogP contribution in [-0.2, 0) is 9.53 Å². The maximum absolute atomic E-state index is 13.6. The van der Waals surface area contributed by atoms with Gasteiger partial charge in [0.05, 0.1) is 13.2 Å². The Morgan fingerprint density at radius 3 is 2.67 bits per heavy atom. The molecule has 2 aliphatic rings. The molecule has 27 heavy (non-hydrogen) atoms. The average molecular weight is 384 g/mol. The SMILES string of the molecule is O=C(COc1ccc(F)cc1F)N1CC(CO)CC(CN2CCOCC2)C1. The molecule has 3 rings (SSSR count). The predicted octanol–water partition coefficient (Wildman–Crippen LogP) is 1.13. The third-order valence-corrected chi connectivity index (χ3v) is 5.10. The maximum atomic E-state index is 13.6. The van der Waals surface area contributed by atoms with Crippen LogP contribution in [0.25, 0.3) is 0 Å². The van der Waals surface area contributed by atoms with Crippen LogP contribution in [0.3, 0.4) is 0 Å². The van der Waals surface area contributed by atoms with E-state index in [1.807, 2.05) is 0 Å². The number of likely N-dealkylation sites (tertiary alicyclic amines) is 1. The van der Waals surface area contributed by atoms with Crippen LogP contribution >= 0.6 is 0 Å². The van der Waals surface area contributed by atoms with Gasteiger partial charge in [-0.1, -0.05) is 0 Å². The number of rotatable bonds is 6. The van der Waals surface area contributed by atoms with E-state index in [4.69, 9.17) is 9.47 Å². The summed E-state index contributed by atoms with van der Waals surface area (Å²) in [6.07, 6.45) is 0.866. The van der Waals surface area contributed by atoms with E-state index in [-0.39, 0.29) is 36.7 Å². The number of benzene rings is 1. The van der Waals surface area contributed by atoms with Crippen LogP contribution in [-0.4, -0.2) is 80.0 Å². The number of aliphatic hydroxyl groups excluding tert-OH is 1. The number of hydrogen-bond donors (Lipinski definition) is 1. The monoisotopic (exact) mass is 384 g/mol. The lowest BCUT2D eigenvalue weighted by atomic mass is 9.89. The van der Waals surface area contributed by atoms with Crippen LogP contribution < -0.4 is 4.74 Å². The topological polar surface area (TPSA) is 62.2 Å². The van der Waals surface area contributed by atoms with E-state index >= 15 is 0 Å². The standard InChI is InChI=1S/C19H26F2N2O4/c20-16-1-2-18(17(21)8-16)27-13-19(25)23-10-14(7-15(11-23)12-24)9-22-3-5-26-6-4-22/h1-2,8,14-15,24H,3-7,9-13H2. The molecule has 1 N–H and O–H groups in total. The molecule has 1 aromatic carbocycles. The van der Waals surface area contributed by atoms with Gasteiger partial charge in [0.15, 0.2) is 18.2 Å². The van der Waals surface area contributed by atoms with Crippen molar-refractivity contribution in [2.24, 2.45) is 11.8 Å². The molecule has 1 amide bonds. The first-order chi connectivity index (χ1) is 13.0. The van der Waals surface area contributed by atoms with Crippen molar-refractivity contribution in [1.82, 2.24) is 9.80 Å². The molecule has 0 radical (unpaired) electrons. The van der Waals surface area contributed by atoms with Gasteiger partial charge >= 0.3 is 0 Å². The minimum atomic E-state index is -0.833. The predicted molar refractivity (Wildman–Crippen MR) is 94.4 cm³/mol. The van der Waals surface area contributed by atoms with Crippen molar-refractivity contribution in [3.8, 4) is 5.75 Å². The Kier molecular flexibility index (Phi) is 6.98. The van der Waals surface area contributed by atoms with Crippen LogP contribution in [0.5, 0.6) is 5.75 Å². The molecular weight excluding hydrogens is 358 g/mol.